The molecule has 8 nitrogen and oxygen atoms in total. The molecule has 0 amide bonds. The van der Waals surface area contributed by atoms with Crippen molar-refractivity contribution in [2.45, 2.75) is 37.3 Å². The van der Waals surface area contributed by atoms with Crippen molar-refractivity contribution in [3.8, 4) is 0 Å². The summed E-state index contributed by atoms with van der Waals surface area (Å²) in [5.74, 6) is 0. The van der Waals surface area contributed by atoms with Crippen LogP contribution in [0.1, 0.15) is 59.5 Å². The number of benzene rings is 10. The van der Waals surface area contributed by atoms with E-state index in [1.165, 1.54) is 0 Å². The number of aliphatic hydroxyl groups excluding tert-OH is 4. The number of aromatic nitrogens is 2. The molecule has 12 aromatic rings. The van der Waals surface area contributed by atoms with Gasteiger partial charge in [0.2, 0.25) is 0 Å². The molecule has 0 spiro atoms. The predicted molar refractivity (Wildman–Crippen MR) is 340 cm³/mol. The van der Waals surface area contributed by atoms with Crippen LogP contribution in [0.15, 0.2) is 326 Å². The average Bonchev–Trinajstić information content (AvgIpc) is 3.30. The summed E-state index contributed by atoms with van der Waals surface area (Å²) in [6.45, 7) is 0. The van der Waals surface area contributed by atoms with E-state index in [0.29, 0.717) is 12.8 Å². The van der Waals surface area contributed by atoms with Crippen molar-refractivity contribution in [1.82, 2.24) is 9.97 Å². The molecule has 84 heavy (non-hydrogen) atoms. The van der Waals surface area contributed by atoms with Gasteiger partial charge in [-0.2, -0.15) is 4.52 Å². The van der Waals surface area contributed by atoms with Gasteiger partial charge in [-0.15, -0.1) is 0 Å². The fourth-order valence-electron chi connectivity index (χ4n) is 9.60. The number of hydrogen-bond acceptors (Lipinski definition) is 6. The van der Waals surface area contributed by atoms with Crippen LogP contribution >= 0.6 is 14.3 Å². The van der Waals surface area contributed by atoms with Crippen molar-refractivity contribution >= 4 is 62.7 Å². The minimum absolute atomic E-state index is 0. The SMILES string of the molecule is OC(CC(O)c1ccccc1)c1ccccc1.OC(CC(O)c1ccccc1)c1ccccc1.[Dy].[Dy].[OH+]=P(N=P(c1ccccc1)(c1ccccc1)c1ccccc1)(c1ccccc1)c1ccccc1.c1cnc2c(c1)ccc1cccnc12. The Morgan fingerprint density at radius 2 is 0.524 bits per heavy atom. The number of pyridine rings is 2. The second-order valence-corrected chi connectivity index (χ2v) is 25.2. The summed E-state index contributed by atoms with van der Waals surface area (Å²) in [5, 5.41) is 47.3. The minimum atomic E-state index is -3.12. The molecular formula is C72H66Dy2N3O5P2+. The van der Waals surface area contributed by atoms with Gasteiger partial charge in [0.1, 0.15) is 0 Å². The van der Waals surface area contributed by atoms with E-state index in [0.717, 1.165) is 70.6 Å². The Morgan fingerprint density at radius 3 is 0.774 bits per heavy atom. The Balaban J connectivity index is 0.000000172. The maximum absolute atomic E-state index is 12.6. The first kappa shape index (κ1) is 65.4. The van der Waals surface area contributed by atoms with E-state index in [1.54, 1.807) is 12.4 Å². The van der Waals surface area contributed by atoms with Crippen LogP contribution in [-0.4, -0.2) is 35.0 Å². The Labute approximate surface area is 554 Å². The van der Waals surface area contributed by atoms with Crippen LogP contribution in [-0.2, 0) is 0 Å². The second-order valence-electron chi connectivity index (χ2n) is 19.4. The number of hydrogen-bond donors (Lipinski definition) is 4. The third kappa shape index (κ3) is 17.3. The summed E-state index contributed by atoms with van der Waals surface area (Å²) in [4.78, 5) is 8.69. The first-order chi connectivity index (χ1) is 40.2. The van der Waals surface area contributed by atoms with E-state index in [2.05, 4.69) is 107 Å². The molecule has 4 unspecified atom stereocenters. The molecule has 428 valence electrons. The maximum Gasteiger partial charge on any atom is 0.399 e. The fraction of sp³-hybridized carbons (Fsp3) is 0.0833. The molecular weight excluding hydrogens is 1370 g/mol. The van der Waals surface area contributed by atoms with Gasteiger partial charge in [0.15, 0.2) is 0 Å². The third-order valence-corrected chi connectivity index (χ3v) is 21.1. The Morgan fingerprint density at radius 1 is 0.298 bits per heavy atom. The van der Waals surface area contributed by atoms with Crippen molar-refractivity contribution in [3.63, 3.8) is 0 Å². The van der Waals surface area contributed by atoms with E-state index >= 15 is 0 Å². The summed E-state index contributed by atoms with van der Waals surface area (Å²) >= 11 is 0. The first-order valence-corrected chi connectivity index (χ1v) is 30.7. The van der Waals surface area contributed by atoms with E-state index < -0.39 is 38.8 Å². The number of aliphatic hydroxyl groups is 4. The van der Waals surface area contributed by atoms with Crippen LogP contribution in [0.3, 0.4) is 0 Å². The zero-order chi connectivity index (χ0) is 56.8. The van der Waals surface area contributed by atoms with Gasteiger partial charge in [0.25, 0.3) is 0 Å². The number of rotatable bonds is 14. The van der Waals surface area contributed by atoms with Crippen molar-refractivity contribution in [1.29, 1.82) is 0 Å². The number of nitrogens with zero attached hydrogens (tertiary/aromatic N) is 3. The quantitative estimate of drug-likeness (QED) is 0.0486. The van der Waals surface area contributed by atoms with Gasteiger partial charge < -0.3 is 20.4 Å². The molecule has 0 radical (unpaired) electrons. The summed E-state index contributed by atoms with van der Waals surface area (Å²) in [7, 11) is -5.70. The van der Waals surface area contributed by atoms with E-state index in [-0.39, 0.29) is 76.3 Å². The summed E-state index contributed by atoms with van der Waals surface area (Å²) in [6.07, 6.45) is 1.70. The van der Waals surface area contributed by atoms with Gasteiger partial charge in [-0.1, -0.05) is 273 Å². The van der Waals surface area contributed by atoms with Crippen LogP contribution < -0.4 is 26.5 Å². The van der Waals surface area contributed by atoms with Crippen molar-refractivity contribution in [3.05, 3.63) is 344 Å². The van der Waals surface area contributed by atoms with Crippen LogP contribution in [0, 0.1) is 76.3 Å². The molecule has 2 heterocycles. The van der Waals surface area contributed by atoms with Gasteiger partial charge in [0, 0.05) is 128 Å². The molecule has 10 aromatic carbocycles. The molecule has 0 aliphatic heterocycles. The molecule has 0 saturated carbocycles. The van der Waals surface area contributed by atoms with Crippen molar-refractivity contribution < 1.29 is 101 Å². The molecule has 5 N–H and O–H groups in total. The standard InChI is InChI=1S/C30H25NOP2.2C15H16O2.C12H8N2.2Dy/c32-34(29-22-12-4-13-23-29,30-24-14-5-15-25-30)31-33(26-16-6-1-7-17-26,27-18-8-2-9-19-27)28-20-10-3-11-21-28;2*16-14(12-7-3-1-4-8-12)11-15(17)13-9-5-2-6-10-13;1-3-9-5-6-10-4-2-8-14-12(10)11(9)13-7-1;;/h1-25H;2*1-10,14-17H,11H2;1-8H;;/p+1. The van der Waals surface area contributed by atoms with E-state index in [9.17, 15) is 25.0 Å². The normalized spacial score (nSPS) is 12.3. The monoisotopic (exact) mass is 1440 g/mol. The Kier molecular flexibility index (Phi) is 26.1. The van der Waals surface area contributed by atoms with Crippen LogP contribution in [0.25, 0.3) is 21.8 Å². The predicted octanol–water partition coefficient (Wildman–Crippen LogP) is 14.5. The topological polar surface area (TPSA) is 140 Å². The third-order valence-electron chi connectivity index (χ3n) is 13.9. The van der Waals surface area contributed by atoms with Crippen molar-refractivity contribution in [2.24, 2.45) is 4.52 Å². The molecule has 2 aromatic heterocycles. The second kappa shape index (κ2) is 33.5. The summed E-state index contributed by atoms with van der Waals surface area (Å²) in [5.41, 5.74) is 5.30. The maximum atomic E-state index is 12.6. The summed E-state index contributed by atoms with van der Waals surface area (Å²) < 4.78 is 18.3. The number of fused-ring (bicyclic) bond motifs is 3. The van der Waals surface area contributed by atoms with E-state index in [4.69, 9.17) is 4.52 Å². The van der Waals surface area contributed by atoms with Crippen LogP contribution in [0.5, 0.6) is 0 Å². The molecule has 12 heteroatoms. The zero-order valence-electron chi connectivity index (χ0n) is 45.9. The molecule has 4 atom stereocenters. The van der Waals surface area contributed by atoms with Gasteiger partial charge in [0.05, 0.1) is 53.1 Å². The van der Waals surface area contributed by atoms with Crippen molar-refractivity contribution in [2.75, 3.05) is 0 Å². The average molecular weight is 1440 g/mol. The van der Waals surface area contributed by atoms with Gasteiger partial charge in [-0.3, -0.25) is 14.5 Å². The molecule has 0 fully saturated rings. The van der Waals surface area contributed by atoms with Gasteiger partial charge >= 0.3 is 7.29 Å². The smallest absolute Gasteiger partial charge is 0.388 e. The Hall–Kier alpha value is -6.13. The van der Waals surface area contributed by atoms with Crippen LogP contribution in [0.2, 0.25) is 0 Å². The largest absolute Gasteiger partial charge is 0.399 e. The molecule has 0 aliphatic rings. The molecule has 0 bridgehead atoms. The van der Waals surface area contributed by atoms with E-state index in [1.807, 2.05) is 212 Å². The minimum Gasteiger partial charge on any atom is -0.388 e. The molecule has 12 rings (SSSR count). The zero-order valence-corrected chi connectivity index (χ0v) is 51.8. The van der Waals surface area contributed by atoms with Gasteiger partial charge in [-0.25, -0.2) is 0 Å². The molecule has 0 saturated heterocycles. The first-order valence-electron chi connectivity index (χ1n) is 27.3. The van der Waals surface area contributed by atoms with Gasteiger partial charge in [-0.05, 0) is 58.7 Å². The Bertz CT molecular complexity index is 3550. The van der Waals surface area contributed by atoms with Crippen LogP contribution in [0.4, 0.5) is 0 Å². The molecule has 0 aliphatic carbocycles. The summed E-state index contributed by atoms with van der Waals surface area (Å²) in [6, 6.07) is 101. The fourth-order valence-corrected chi connectivity index (χ4v) is 17.4.